The van der Waals surface area contributed by atoms with Gasteiger partial charge in [0.1, 0.15) is 5.82 Å². The number of carbonyl (C=O) groups excluding carboxylic acids is 2. The second-order valence-corrected chi connectivity index (χ2v) is 7.47. The number of imide groups is 1. The molecule has 4 unspecified atom stereocenters. The lowest BCUT2D eigenvalue weighted by atomic mass is 9.85. The van der Waals surface area contributed by atoms with E-state index in [4.69, 9.17) is 0 Å². The maximum Gasteiger partial charge on any atom is 0.233 e. The van der Waals surface area contributed by atoms with Crippen LogP contribution in [0.1, 0.15) is 18.5 Å². The van der Waals surface area contributed by atoms with Crippen molar-refractivity contribution in [2.45, 2.75) is 19.4 Å². The van der Waals surface area contributed by atoms with Crippen molar-refractivity contribution in [2.75, 3.05) is 20.1 Å². The fourth-order valence-corrected chi connectivity index (χ4v) is 4.56. The Bertz CT molecular complexity index is 810. The number of aromatic nitrogens is 1. The highest BCUT2D eigenvalue weighted by Gasteiger charge is 2.58. The molecule has 4 atom stereocenters. The van der Waals surface area contributed by atoms with Gasteiger partial charge in [-0.2, -0.15) is 0 Å². The van der Waals surface area contributed by atoms with Gasteiger partial charge >= 0.3 is 0 Å². The van der Waals surface area contributed by atoms with Crippen LogP contribution in [0.4, 0.5) is 4.39 Å². The van der Waals surface area contributed by atoms with Gasteiger partial charge in [0.2, 0.25) is 11.8 Å². The summed E-state index contributed by atoms with van der Waals surface area (Å²) in [7, 11) is 1.63. The summed E-state index contributed by atoms with van der Waals surface area (Å²) in [6.07, 6.45) is 7.31. The van der Waals surface area contributed by atoms with E-state index in [-0.39, 0.29) is 47.8 Å². The van der Waals surface area contributed by atoms with Crippen molar-refractivity contribution in [3.8, 4) is 0 Å². The molecule has 2 N–H and O–H groups in total. The summed E-state index contributed by atoms with van der Waals surface area (Å²) in [6.45, 7) is 1.17. The molecular weight excluding hydrogens is 361 g/mol. The Morgan fingerprint density at radius 1 is 1.25 bits per heavy atom. The number of allylic oxidation sites excluding steroid dienone is 2. The van der Waals surface area contributed by atoms with E-state index in [1.165, 1.54) is 17.2 Å². The number of carbonyl (C=O) groups is 2. The number of rotatable bonds is 6. The average Bonchev–Trinajstić information content (AvgIpc) is 3.37. The van der Waals surface area contributed by atoms with Gasteiger partial charge in [-0.3, -0.25) is 24.5 Å². The van der Waals surface area contributed by atoms with Gasteiger partial charge in [0.25, 0.3) is 0 Å². The van der Waals surface area contributed by atoms with Gasteiger partial charge in [-0.05, 0) is 36.8 Å². The number of fused-ring (bicyclic) bond motifs is 5. The van der Waals surface area contributed by atoms with Gasteiger partial charge in [-0.25, -0.2) is 4.39 Å². The third kappa shape index (κ3) is 3.27. The van der Waals surface area contributed by atoms with Gasteiger partial charge in [-0.1, -0.05) is 12.2 Å². The van der Waals surface area contributed by atoms with Crippen molar-refractivity contribution in [1.29, 1.82) is 0 Å². The number of likely N-dealkylation sites (tertiary alicyclic amines) is 1. The Hall–Kier alpha value is -2.77. The van der Waals surface area contributed by atoms with E-state index < -0.39 is 0 Å². The Morgan fingerprint density at radius 2 is 1.96 bits per heavy atom. The van der Waals surface area contributed by atoms with E-state index in [2.05, 4.69) is 32.8 Å². The fraction of sp³-hybridized carbons (Fsp3) is 0.500. The molecular formula is C20H24FN5O2. The zero-order chi connectivity index (χ0) is 19.7. The first-order chi connectivity index (χ1) is 13.6. The molecule has 2 amide bonds. The molecule has 1 aromatic rings. The highest BCUT2D eigenvalue weighted by atomic mass is 19.1. The number of aliphatic imine (C=N–C) groups is 1. The number of nitrogens with zero attached hydrogens (tertiary/aromatic N) is 3. The molecule has 148 valence electrons. The molecule has 7 nitrogen and oxygen atoms in total. The molecule has 0 radical (unpaired) electrons. The van der Waals surface area contributed by atoms with Crippen LogP contribution in [0.2, 0.25) is 0 Å². The Kier molecular flexibility index (Phi) is 5.11. The number of nitrogens with one attached hydrogen (secondary N) is 2. The summed E-state index contributed by atoms with van der Waals surface area (Å²) in [6, 6.07) is 2.91. The molecule has 3 aliphatic rings. The van der Waals surface area contributed by atoms with Crippen molar-refractivity contribution in [3.05, 3.63) is 42.0 Å². The highest BCUT2D eigenvalue weighted by molar-refractivity contribution is 6.06. The summed E-state index contributed by atoms with van der Waals surface area (Å²) in [4.78, 5) is 34.8. The number of pyridine rings is 1. The van der Waals surface area contributed by atoms with Crippen LogP contribution in [0.25, 0.3) is 0 Å². The Balaban J connectivity index is 1.23. The van der Waals surface area contributed by atoms with Crippen LogP contribution < -0.4 is 10.6 Å². The lowest BCUT2D eigenvalue weighted by Crippen LogP contribution is -2.39. The van der Waals surface area contributed by atoms with Gasteiger partial charge in [0, 0.05) is 26.3 Å². The minimum absolute atomic E-state index is 0.0139. The first-order valence-corrected chi connectivity index (χ1v) is 9.67. The largest absolute Gasteiger partial charge is 0.356 e. The van der Waals surface area contributed by atoms with Crippen LogP contribution in [-0.4, -0.2) is 47.8 Å². The summed E-state index contributed by atoms with van der Waals surface area (Å²) in [5, 5.41) is 6.13. The van der Waals surface area contributed by atoms with E-state index in [1.54, 1.807) is 13.1 Å². The summed E-state index contributed by atoms with van der Waals surface area (Å²) < 4.78 is 13.6. The molecule has 1 saturated carbocycles. The zero-order valence-corrected chi connectivity index (χ0v) is 15.8. The lowest BCUT2D eigenvalue weighted by molar-refractivity contribution is -0.140. The van der Waals surface area contributed by atoms with Gasteiger partial charge in [0.05, 0.1) is 24.1 Å². The van der Waals surface area contributed by atoms with Crippen molar-refractivity contribution in [2.24, 2.45) is 28.7 Å². The van der Waals surface area contributed by atoms with Crippen LogP contribution in [0.15, 0.2) is 35.5 Å². The zero-order valence-electron chi connectivity index (χ0n) is 15.8. The molecule has 2 bridgehead atoms. The molecule has 0 aromatic carbocycles. The topological polar surface area (TPSA) is 86.7 Å². The van der Waals surface area contributed by atoms with Gasteiger partial charge < -0.3 is 10.6 Å². The highest BCUT2D eigenvalue weighted by Crippen LogP contribution is 2.52. The molecule has 1 saturated heterocycles. The maximum atomic E-state index is 13.6. The first kappa shape index (κ1) is 18.6. The maximum absolute atomic E-state index is 13.6. The molecule has 8 heteroatoms. The van der Waals surface area contributed by atoms with Crippen molar-refractivity contribution in [3.63, 3.8) is 0 Å². The Morgan fingerprint density at radius 3 is 2.61 bits per heavy atom. The number of hydrogen-bond donors (Lipinski definition) is 2. The molecule has 0 spiro atoms. The number of halogens is 1. The average molecular weight is 385 g/mol. The van der Waals surface area contributed by atoms with Gasteiger partial charge in [0.15, 0.2) is 5.96 Å². The minimum atomic E-state index is -0.370. The predicted molar refractivity (Wildman–Crippen MR) is 101 cm³/mol. The van der Waals surface area contributed by atoms with Crippen LogP contribution in [0.3, 0.4) is 0 Å². The van der Waals surface area contributed by atoms with E-state index in [0.717, 1.165) is 6.42 Å². The molecule has 2 heterocycles. The van der Waals surface area contributed by atoms with Crippen LogP contribution in [-0.2, 0) is 16.1 Å². The molecule has 4 rings (SSSR count). The SMILES string of the molecule is CN=C(NCCCN1C(=O)C2C3C=CC(C3)C2C1=O)NCc1ncccc1F. The van der Waals surface area contributed by atoms with Crippen molar-refractivity contribution >= 4 is 17.8 Å². The van der Waals surface area contributed by atoms with E-state index >= 15 is 0 Å². The van der Waals surface area contributed by atoms with E-state index in [9.17, 15) is 14.0 Å². The summed E-state index contributed by atoms with van der Waals surface area (Å²) in [5.74, 6) is 0.319. The summed E-state index contributed by atoms with van der Waals surface area (Å²) >= 11 is 0. The normalized spacial score (nSPS) is 28.2. The van der Waals surface area contributed by atoms with Crippen molar-refractivity contribution < 1.29 is 14.0 Å². The van der Waals surface area contributed by atoms with Crippen LogP contribution in [0.5, 0.6) is 0 Å². The number of guanidine groups is 1. The van der Waals surface area contributed by atoms with E-state index in [0.29, 0.717) is 31.2 Å². The van der Waals surface area contributed by atoms with Gasteiger partial charge in [-0.15, -0.1) is 0 Å². The molecule has 2 fully saturated rings. The quantitative estimate of drug-likeness (QED) is 0.252. The third-order valence-electron chi connectivity index (χ3n) is 5.89. The second kappa shape index (κ2) is 7.69. The first-order valence-electron chi connectivity index (χ1n) is 9.67. The number of amides is 2. The monoisotopic (exact) mass is 385 g/mol. The van der Waals surface area contributed by atoms with Crippen LogP contribution in [0, 0.1) is 29.5 Å². The molecule has 1 aromatic heterocycles. The molecule has 2 aliphatic carbocycles. The minimum Gasteiger partial charge on any atom is -0.356 e. The summed E-state index contributed by atoms with van der Waals surface area (Å²) in [5.41, 5.74) is 0.313. The lowest BCUT2D eigenvalue weighted by Gasteiger charge is -2.18. The standard InChI is InChI=1S/C20H24FN5O2/c1-22-20(25-11-15-14(21)4-2-7-23-15)24-8-3-9-26-18(27)16-12-5-6-13(10-12)17(16)19(26)28/h2,4-7,12-13,16-17H,3,8-11H2,1H3,(H2,22,24,25). The fourth-order valence-electron chi connectivity index (χ4n) is 4.56. The number of hydrogen-bond acceptors (Lipinski definition) is 4. The second-order valence-electron chi connectivity index (χ2n) is 7.47. The smallest absolute Gasteiger partial charge is 0.233 e. The van der Waals surface area contributed by atoms with E-state index in [1.807, 2.05) is 0 Å². The van der Waals surface area contributed by atoms with Crippen molar-refractivity contribution in [1.82, 2.24) is 20.5 Å². The Labute approximate surface area is 163 Å². The predicted octanol–water partition coefficient (Wildman–Crippen LogP) is 1.08. The van der Waals surface area contributed by atoms with Crippen LogP contribution >= 0.6 is 0 Å². The molecule has 1 aliphatic heterocycles. The third-order valence-corrected chi connectivity index (χ3v) is 5.89. The molecule has 28 heavy (non-hydrogen) atoms.